The van der Waals surface area contributed by atoms with Gasteiger partial charge < -0.3 is 10.8 Å². The molecule has 0 radical (unpaired) electrons. The molecule has 18 heavy (non-hydrogen) atoms. The molecule has 0 amide bonds. The number of aliphatic carboxylic acids is 1. The molecule has 0 aliphatic carbocycles. The van der Waals surface area contributed by atoms with E-state index in [2.05, 4.69) is 5.10 Å². The van der Waals surface area contributed by atoms with Crippen molar-refractivity contribution in [3.8, 4) is 0 Å². The number of aryl methyl sites for hydroxylation is 2. The number of carboxylic acids is 1. The van der Waals surface area contributed by atoms with Crippen molar-refractivity contribution in [3.05, 3.63) is 16.4 Å². The fraction of sp³-hybridized carbons (Fsp3) is 0.667. The normalized spacial score (nSPS) is 12.7. The quantitative estimate of drug-likeness (QED) is 0.794. The molecule has 1 unspecified atom stereocenters. The zero-order valence-corrected chi connectivity index (χ0v) is 11.6. The lowest BCUT2D eigenvalue weighted by Crippen LogP contribution is -2.20. The van der Waals surface area contributed by atoms with Gasteiger partial charge in [-0.2, -0.15) is 5.10 Å². The number of nitrogens with two attached hydrogens (primary N) is 1. The van der Waals surface area contributed by atoms with E-state index in [-0.39, 0.29) is 0 Å². The Labute approximate surface area is 112 Å². The highest BCUT2D eigenvalue weighted by Crippen LogP contribution is 2.24. The van der Waals surface area contributed by atoms with Crippen LogP contribution < -0.4 is 5.73 Å². The Kier molecular flexibility index (Phi) is 5.62. The number of halogens is 1. The summed E-state index contributed by atoms with van der Waals surface area (Å²) >= 11 is 6.17. The van der Waals surface area contributed by atoms with Gasteiger partial charge in [0.05, 0.1) is 22.3 Å². The maximum atomic E-state index is 11.2. The van der Waals surface area contributed by atoms with Gasteiger partial charge in [-0.15, -0.1) is 0 Å². The van der Waals surface area contributed by atoms with E-state index >= 15 is 0 Å². The predicted octanol–water partition coefficient (Wildman–Crippen LogP) is 1.85. The molecule has 0 aliphatic heterocycles. The number of rotatable bonds is 7. The highest BCUT2D eigenvalue weighted by atomic mass is 35.5. The standard InChI is InChI=1S/C12H20ClN3O2/c1-3-16-10(11(13)8(2)15-16)7-9(12(17)18)5-4-6-14/h9H,3-7,14H2,1-2H3,(H,17,18). The number of hydrogen-bond donors (Lipinski definition) is 2. The van der Waals surface area contributed by atoms with E-state index in [1.807, 2.05) is 13.8 Å². The van der Waals surface area contributed by atoms with Crippen molar-refractivity contribution in [2.75, 3.05) is 6.54 Å². The average Bonchev–Trinajstić information content (AvgIpc) is 2.61. The summed E-state index contributed by atoms with van der Waals surface area (Å²) in [6, 6.07) is 0. The Hall–Kier alpha value is -1.07. The van der Waals surface area contributed by atoms with E-state index in [0.717, 1.165) is 11.4 Å². The van der Waals surface area contributed by atoms with Crippen LogP contribution in [0.3, 0.4) is 0 Å². The maximum absolute atomic E-state index is 11.2. The number of aromatic nitrogens is 2. The molecule has 0 bridgehead atoms. The highest BCUT2D eigenvalue weighted by molar-refractivity contribution is 6.31. The van der Waals surface area contributed by atoms with Gasteiger partial charge in [-0.05, 0) is 33.2 Å². The lowest BCUT2D eigenvalue weighted by atomic mass is 9.97. The van der Waals surface area contributed by atoms with Gasteiger partial charge in [0.15, 0.2) is 0 Å². The van der Waals surface area contributed by atoms with Crippen LogP contribution in [0.5, 0.6) is 0 Å². The average molecular weight is 274 g/mol. The Bertz CT molecular complexity index is 418. The number of nitrogens with zero attached hydrogens (tertiary/aromatic N) is 2. The molecule has 3 N–H and O–H groups in total. The molecule has 1 aromatic heterocycles. The fourth-order valence-corrected chi connectivity index (χ4v) is 2.19. The molecule has 6 heteroatoms. The van der Waals surface area contributed by atoms with Gasteiger partial charge in [0.2, 0.25) is 0 Å². The molecule has 0 saturated heterocycles. The second-order valence-corrected chi connectivity index (χ2v) is 4.71. The summed E-state index contributed by atoms with van der Waals surface area (Å²) in [5, 5.41) is 14.1. The smallest absolute Gasteiger partial charge is 0.306 e. The molecule has 1 heterocycles. The minimum Gasteiger partial charge on any atom is -0.481 e. The molecular weight excluding hydrogens is 254 g/mol. The molecule has 1 rings (SSSR count). The van der Waals surface area contributed by atoms with Gasteiger partial charge in [0, 0.05) is 13.0 Å². The summed E-state index contributed by atoms with van der Waals surface area (Å²) in [4.78, 5) is 11.2. The van der Waals surface area contributed by atoms with Gasteiger partial charge in [-0.25, -0.2) is 0 Å². The molecule has 0 fully saturated rings. The van der Waals surface area contributed by atoms with Crippen LogP contribution in [0.25, 0.3) is 0 Å². The fourth-order valence-electron chi connectivity index (χ4n) is 1.97. The summed E-state index contributed by atoms with van der Waals surface area (Å²) in [7, 11) is 0. The summed E-state index contributed by atoms with van der Waals surface area (Å²) < 4.78 is 1.77. The molecule has 0 aromatic carbocycles. The van der Waals surface area contributed by atoms with E-state index in [0.29, 0.717) is 37.4 Å². The van der Waals surface area contributed by atoms with Crippen LogP contribution in [0, 0.1) is 12.8 Å². The van der Waals surface area contributed by atoms with E-state index in [9.17, 15) is 9.90 Å². The van der Waals surface area contributed by atoms with Gasteiger partial charge >= 0.3 is 5.97 Å². The molecular formula is C12H20ClN3O2. The van der Waals surface area contributed by atoms with Crippen molar-refractivity contribution in [3.63, 3.8) is 0 Å². The lowest BCUT2D eigenvalue weighted by Gasteiger charge is -2.13. The van der Waals surface area contributed by atoms with Crippen LogP contribution in [0.1, 0.15) is 31.2 Å². The molecule has 0 spiro atoms. The number of hydrogen-bond acceptors (Lipinski definition) is 3. The van der Waals surface area contributed by atoms with Crippen LogP contribution >= 0.6 is 11.6 Å². The second kappa shape index (κ2) is 6.75. The van der Waals surface area contributed by atoms with E-state index in [1.165, 1.54) is 0 Å². The molecule has 0 saturated carbocycles. The van der Waals surface area contributed by atoms with Crippen molar-refractivity contribution < 1.29 is 9.90 Å². The van der Waals surface area contributed by atoms with Gasteiger partial charge in [-0.3, -0.25) is 9.48 Å². The summed E-state index contributed by atoms with van der Waals surface area (Å²) in [5.41, 5.74) is 6.98. The summed E-state index contributed by atoms with van der Waals surface area (Å²) in [6.45, 7) is 4.98. The number of carboxylic acid groups (broad SMARTS) is 1. The second-order valence-electron chi connectivity index (χ2n) is 4.33. The molecule has 1 atom stereocenters. The molecule has 0 aliphatic rings. The van der Waals surface area contributed by atoms with Crippen LogP contribution in [0.15, 0.2) is 0 Å². The summed E-state index contributed by atoms with van der Waals surface area (Å²) in [6.07, 6.45) is 1.67. The Morgan fingerprint density at radius 2 is 2.28 bits per heavy atom. The molecule has 102 valence electrons. The molecule has 1 aromatic rings. The largest absolute Gasteiger partial charge is 0.481 e. The van der Waals surface area contributed by atoms with Crippen molar-refractivity contribution in [1.82, 2.24) is 9.78 Å². The monoisotopic (exact) mass is 273 g/mol. The highest BCUT2D eigenvalue weighted by Gasteiger charge is 2.22. The zero-order chi connectivity index (χ0) is 13.7. The van der Waals surface area contributed by atoms with Crippen molar-refractivity contribution in [2.45, 2.75) is 39.7 Å². The van der Waals surface area contributed by atoms with Crippen molar-refractivity contribution >= 4 is 17.6 Å². The minimum atomic E-state index is -0.805. The van der Waals surface area contributed by atoms with Crippen LogP contribution in [-0.4, -0.2) is 27.4 Å². The van der Waals surface area contributed by atoms with Crippen LogP contribution in [0.4, 0.5) is 0 Å². The third kappa shape index (κ3) is 3.46. The van der Waals surface area contributed by atoms with Gasteiger partial charge in [-0.1, -0.05) is 11.6 Å². The lowest BCUT2D eigenvalue weighted by molar-refractivity contribution is -0.142. The predicted molar refractivity (Wildman–Crippen MR) is 70.8 cm³/mol. The Balaban J connectivity index is 2.89. The van der Waals surface area contributed by atoms with E-state index in [1.54, 1.807) is 4.68 Å². The first-order valence-corrected chi connectivity index (χ1v) is 6.53. The topological polar surface area (TPSA) is 81.1 Å². The van der Waals surface area contributed by atoms with Crippen molar-refractivity contribution in [1.29, 1.82) is 0 Å². The third-order valence-electron chi connectivity index (χ3n) is 3.00. The Morgan fingerprint density at radius 1 is 1.61 bits per heavy atom. The summed E-state index contributed by atoms with van der Waals surface area (Å²) in [5.74, 6) is -1.26. The van der Waals surface area contributed by atoms with E-state index in [4.69, 9.17) is 17.3 Å². The van der Waals surface area contributed by atoms with E-state index < -0.39 is 11.9 Å². The first-order chi connectivity index (χ1) is 8.51. The Morgan fingerprint density at radius 3 is 2.78 bits per heavy atom. The zero-order valence-electron chi connectivity index (χ0n) is 10.8. The third-order valence-corrected chi connectivity index (χ3v) is 3.49. The minimum absolute atomic E-state index is 0.406. The first kappa shape index (κ1) is 15.0. The van der Waals surface area contributed by atoms with Crippen LogP contribution in [-0.2, 0) is 17.8 Å². The number of carbonyl (C=O) groups is 1. The van der Waals surface area contributed by atoms with Gasteiger partial charge in [0.25, 0.3) is 0 Å². The SMILES string of the molecule is CCn1nc(C)c(Cl)c1CC(CCCN)C(=O)O. The van der Waals surface area contributed by atoms with Crippen molar-refractivity contribution in [2.24, 2.45) is 11.7 Å². The van der Waals surface area contributed by atoms with Crippen LogP contribution in [0.2, 0.25) is 5.02 Å². The first-order valence-electron chi connectivity index (χ1n) is 6.15. The maximum Gasteiger partial charge on any atom is 0.306 e. The van der Waals surface area contributed by atoms with Gasteiger partial charge in [0.1, 0.15) is 0 Å². The molecule has 5 nitrogen and oxygen atoms in total.